The lowest BCUT2D eigenvalue weighted by Gasteiger charge is -2.29. The van der Waals surface area contributed by atoms with Crippen molar-refractivity contribution in [2.24, 2.45) is 29.1 Å². The smallest absolute Gasteiger partial charge is 0.311 e. The minimum Gasteiger partial charge on any atom is -0.508 e. The average Bonchev–Trinajstić information content (AvgIpc) is 1.57. The third-order valence-corrected chi connectivity index (χ3v) is 25.5. The van der Waals surface area contributed by atoms with Crippen LogP contribution >= 0.6 is 0 Å². The molecule has 12 rings (SSSR count). The van der Waals surface area contributed by atoms with E-state index in [-0.39, 0.29) is 61.3 Å². The molecule has 722 valence electrons. The van der Waals surface area contributed by atoms with Gasteiger partial charge in [0.05, 0.1) is 30.7 Å². The van der Waals surface area contributed by atoms with Crippen LogP contribution in [-0.2, 0) is 38.0 Å². The Balaban J connectivity index is 0.000000308. The van der Waals surface area contributed by atoms with Gasteiger partial charge in [-0.2, -0.15) is 0 Å². The van der Waals surface area contributed by atoms with Gasteiger partial charge in [0.2, 0.25) is 0 Å². The van der Waals surface area contributed by atoms with Crippen LogP contribution in [0.4, 0.5) is 0 Å². The molecular weight excluding hydrogens is 1630 g/mol. The molecule has 4 N–H and O–H groups in total. The molecule has 16 nitrogen and oxygen atoms in total. The highest BCUT2D eigenvalue weighted by Gasteiger charge is 2.63. The van der Waals surface area contributed by atoms with Crippen LogP contribution in [0.2, 0.25) is 0 Å². The van der Waals surface area contributed by atoms with Crippen molar-refractivity contribution < 1.29 is 77.4 Å². The first-order chi connectivity index (χ1) is 61.9. The van der Waals surface area contributed by atoms with E-state index >= 15 is 0 Å². The van der Waals surface area contributed by atoms with Gasteiger partial charge in [-0.25, -0.2) is 0 Å². The van der Waals surface area contributed by atoms with Crippen molar-refractivity contribution in [1.29, 1.82) is 0 Å². The van der Waals surface area contributed by atoms with E-state index in [0.717, 1.165) is 113 Å². The van der Waals surface area contributed by atoms with Crippen LogP contribution in [0.3, 0.4) is 0 Å². The van der Waals surface area contributed by atoms with Crippen molar-refractivity contribution in [2.45, 2.75) is 368 Å². The van der Waals surface area contributed by atoms with Gasteiger partial charge >= 0.3 is 11.9 Å². The van der Waals surface area contributed by atoms with Crippen molar-refractivity contribution in [2.75, 3.05) is 19.8 Å². The molecule has 4 fully saturated rings. The van der Waals surface area contributed by atoms with Gasteiger partial charge in [0, 0.05) is 24.9 Å². The van der Waals surface area contributed by atoms with Crippen molar-refractivity contribution in [3.8, 4) is 46.0 Å². The molecule has 17 atom stereocenters. The maximum Gasteiger partial charge on any atom is 0.311 e. The first-order valence-corrected chi connectivity index (χ1v) is 49.0. The monoisotopic (exact) mass is 1800 g/mol. The molecule has 2 saturated heterocycles. The number of hydrogen-bond donors (Lipinski definition) is 4. The van der Waals surface area contributed by atoms with Crippen LogP contribution in [0.5, 0.6) is 46.0 Å². The molecule has 2 saturated carbocycles. The summed E-state index contributed by atoms with van der Waals surface area (Å²) in [6, 6.07) is 63.0. The Hall–Kier alpha value is -9.06. The third-order valence-electron chi connectivity index (χ3n) is 25.5. The summed E-state index contributed by atoms with van der Waals surface area (Å²) in [5, 5.41) is 36.0. The van der Waals surface area contributed by atoms with Gasteiger partial charge in [0.15, 0.2) is 25.2 Å². The van der Waals surface area contributed by atoms with E-state index in [4.69, 9.17) is 67.8 Å². The molecule has 130 heavy (non-hydrogen) atoms. The summed E-state index contributed by atoms with van der Waals surface area (Å²) in [6.07, 6.45) is 14.4. The Morgan fingerprint density at radius 2 is 0.692 bits per heavy atom. The van der Waals surface area contributed by atoms with E-state index in [2.05, 4.69) is 185 Å². The first kappa shape index (κ1) is 113. The maximum absolute atomic E-state index is 12.1. The minimum absolute atomic E-state index is 0.0433. The zero-order valence-corrected chi connectivity index (χ0v) is 84.7. The zero-order valence-electron chi connectivity index (χ0n) is 84.7. The van der Waals surface area contributed by atoms with E-state index in [0.29, 0.717) is 94.7 Å². The molecule has 2 bridgehead atoms. The number of fused-ring (bicyclic) bond motifs is 1. The lowest BCUT2D eigenvalue weighted by molar-refractivity contribution is -0.170. The fraction of sp³-hybridized carbons (Fsp3) is 0.561. The highest BCUT2D eigenvalue weighted by molar-refractivity contribution is 5.78. The Morgan fingerprint density at radius 1 is 0.392 bits per heavy atom. The molecule has 0 radical (unpaired) electrons. The number of hydrogen-bond acceptors (Lipinski definition) is 16. The second-order valence-electron chi connectivity index (χ2n) is 37.0. The predicted octanol–water partition coefficient (Wildman–Crippen LogP) is 30.6. The fourth-order valence-electron chi connectivity index (χ4n) is 14.7. The van der Waals surface area contributed by atoms with Gasteiger partial charge in [-0.15, -0.1) is 0 Å². The molecule has 8 aromatic carbocycles. The molecule has 4 aliphatic rings. The average molecular weight is 1800 g/mol. The van der Waals surface area contributed by atoms with Crippen molar-refractivity contribution in [3.05, 3.63) is 239 Å². The summed E-state index contributed by atoms with van der Waals surface area (Å²) >= 11 is 0. The van der Waals surface area contributed by atoms with Gasteiger partial charge < -0.3 is 67.8 Å². The molecule has 2 heterocycles. The number of carbonyl (C=O) groups is 2. The van der Waals surface area contributed by atoms with Crippen LogP contribution in [0.1, 0.15) is 369 Å². The quantitative estimate of drug-likeness (QED) is 0.0218. The summed E-state index contributed by atoms with van der Waals surface area (Å²) in [4.78, 5) is 23.7. The van der Waals surface area contributed by atoms with Crippen LogP contribution in [0.15, 0.2) is 194 Å². The number of aromatic hydroxyl groups is 4. The molecular formula is C114H170O16. The molecule has 0 aromatic heterocycles. The highest BCUT2D eigenvalue weighted by Crippen LogP contribution is 2.56. The molecule has 2 aliphatic heterocycles. The van der Waals surface area contributed by atoms with E-state index in [1.54, 1.807) is 48.5 Å². The lowest BCUT2D eigenvalue weighted by Crippen LogP contribution is -2.39. The zero-order chi connectivity index (χ0) is 96.6. The predicted molar refractivity (Wildman–Crippen MR) is 535 cm³/mol. The van der Waals surface area contributed by atoms with Crippen molar-refractivity contribution >= 4 is 11.9 Å². The summed E-state index contributed by atoms with van der Waals surface area (Å²) in [6.45, 7) is 59.2. The molecule has 8 aromatic rings. The number of phenols is 4. The van der Waals surface area contributed by atoms with E-state index in [1.165, 1.54) is 57.3 Å². The highest BCUT2D eigenvalue weighted by atomic mass is 16.7. The van der Waals surface area contributed by atoms with Gasteiger partial charge in [-0.1, -0.05) is 229 Å². The number of esters is 2. The molecule has 17 unspecified atom stereocenters. The van der Waals surface area contributed by atoms with Crippen LogP contribution in [0.25, 0.3) is 0 Å². The van der Waals surface area contributed by atoms with Crippen molar-refractivity contribution in [3.63, 3.8) is 0 Å². The van der Waals surface area contributed by atoms with E-state index in [9.17, 15) is 9.59 Å². The Kier molecular flexibility index (Phi) is 53.0. The Labute approximate surface area is 786 Å². The molecule has 2 aliphatic carbocycles. The number of ether oxygens (including phenoxy) is 10. The standard InChI is InChI=1S/C16H26O2.C15H22O2.C15H24O2.C14H20O4.C14H22O2.4C10H14O/c1-6-13(4)15-7-9-16(10-8-15)18-14(5)17-11-12(2)3;1-3-12(2)13-7-9-14(10-8-13)17-15-6-4-5-11-16-15;1-6-12(4)14-7-9-15(10-8-14)17-13(5)16-11(2)3;1-4-14(2,3)13(16)18-10-7-5-8-9(6-7)12(15)17-11(8)10;1-5-11(3)13-7-9-14(10-8-13)16-12(4)15-6-2;4*1-3-8(2)9-4-6-10(11)7-5-9/h7-10,12-14H,6,11H2,1-5H3;7-10,12,15H,3-6,11H2,1-2H3;7-13H,6H2,1-5H3;7-11H,4-6H2,1-3H3;7-12H,5-6H2,1-4H3;4*4-8,11H,3H2,1-2H3. The minimum atomic E-state index is -0.455. The van der Waals surface area contributed by atoms with Crippen LogP contribution in [-0.4, -0.2) is 95.7 Å². The second-order valence-corrected chi connectivity index (χ2v) is 37.0. The van der Waals surface area contributed by atoms with E-state index < -0.39 is 5.41 Å². The van der Waals surface area contributed by atoms with Crippen LogP contribution in [0, 0.1) is 29.1 Å². The van der Waals surface area contributed by atoms with Gasteiger partial charge in [0.25, 0.3) is 0 Å². The summed E-state index contributed by atoms with van der Waals surface area (Å²) in [5.41, 5.74) is 10.2. The number of carbonyl (C=O) groups excluding carboxylic acids is 2. The van der Waals surface area contributed by atoms with E-state index in [1.807, 2.05) is 147 Å². The second kappa shape index (κ2) is 60.9. The topological polar surface area (TPSA) is 207 Å². The molecule has 0 spiro atoms. The summed E-state index contributed by atoms with van der Waals surface area (Å²) < 4.78 is 55.8. The maximum atomic E-state index is 12.1. The largest absolute Gasteiger partial charge is 0.508 e. The summed E-state index contributed by atoms with van der Waals surface area (Å²) in [5.74, 6) is 10.7. The number of rotatable bonds is 34. The SMILES string of the molecule is CCC(C)(C)C(=O)OC1C2CC3C(=O)OC1C3C2.CCC(C)c1ccc(O)cc1.CCC(C)c1ccc(O)cc1.CCC(C)c1ccc(O)cc1.CCC(C)c1ccc(O)cc1.CCC(C)c1ccc(OC(C)OC(C)C)cc1.CCC(C)c1ccc(OC(C)OCC(C)C)cc1.CCC(C)c1ccc(OC2CCCCO2)cc1.CCOC(C)Oc1ccc(C(C)CC)cc1. The molecule has 0 amide bonds. The summed E-state index contributed by atoms with van der Waals surface area (Å²) in [7, 11) is 0. The third kappa shape index (κ3) is 41.4. The van der Waals surface area contributed by atoms with Crippen molar-refractivity contribution in [1.82, 2.24) is 0 Å². The first-order valence-electron chi connectivity index (χ1n) is 49.0. The Bertz CT molecular complexity index is 4050. The molecule has 16 heteroatoms. The Morgan fingerprint density at radius 3 is 0.969 bits per heavy atom. The van der Waals surface area contributed by atoms with Gasteiger partial charge in [-0.3, -0.25) is 9.59 Å². The van der Waals surface area contributed by atoms with Gasteiger partial charge in [0.1, 0.15) is 58.2 Å². The van der Waals surface area contributed by atoms with Gasteiger partial charge in [-0.05, 0) is 334 Å². The number of phenolic OH excluding ortho intramolecular Hbond substituents is 4. The number of benzene rings is 8. The van der Waals surface area contributed by atoms with Crippen LogP contribution < -0.4 is 18.9 Å². The lowest BCUT2D eigenvalue weighted by atomic mass is 9.87. The normalized spacial score (nSPS) is 18.7. The fourth-order valence-corrected chi connectivity index (χ4v) is 14.7.